The molecule has 10 aromatic rings. The van der Waals surface area contributed by atoms with Gasteiger partial charge in [0.2, 0.25) is 0 Å². The first kappa shape index (κ1) is 30.9. The lowest BCUT2D eigenvalue weighted by atomic mass is 9.79. The first-order chi connectivity index (χ1) is 26.5. The van der Waals surface area contributed by atoms with Gasteiger partial charge >= 0.3 is 0 Å². The van der Waals surface area contributed by atoms with Crippen molar-refractivity contribution in [2.45, 2.75) is 19.3 Å². The fourth-order valence-electron chi connectivity index (χ4n) is 9.24. The van der Waals surface area contributed by atoms with Gasteiger partial charge in [0.1, 0.15) is 0 Å². The third-order valence-corrected chi connectivity index (χ3v) is 12.0. The Balaban J connectivity index is 1.27. The highest BCUT2D eigenvalue weighted by Gasteiger charge is 2.36. The molecule has 1 aliphatic carbocycles. The van der Waals surface area contributed by atoms with E-state index in [1.807, 2.05) is 0 Å². The van der Waals surface area contributed by atoms with Gasteiger partial charge in [-0.3, -0.25) is 0 Å². The Morgan fingerprint density at radius 3 is 1.57 bits per heavy atom. The molecule has 0 N–H and O–H groups in total. The Morgan fingerprint density at radius 2 is 0.889 bits per heavy atom. The zero-order valence-corrected chi connectivity index (χ0v) is 30.3. The Kier molecular flexibility index (Phi) is 6.66. The van der Waals surface area contributed by atoms with Crippen LogP contribution < -0.4 is 0 Å². The lowest BCUT2D eigenvalue weighted by molar-refractivity contribution is 0.661. The predicted molar refractivity (Wildman–Crippen MR) is 230 cm³/mol. The van der Waals surface area contributed by atoms with Gasteiger partial charge in [-0.2, -0.15) is 0 Å². The normalized spacial score (nSPS) is 13.1. The maximum Gasteiger partial charge on any atom is 0.0449 e. The zero-order valence-electron chi connectivity index (χ0n) is 30.3. The Morgan fingerprint density at radius 1 is 0.352 bits per heavy atom. The van der Waals surface area contributed by atoms with Crippen molar-refractivity contribution < 1.29 is 0 Å². The molecule has 0 amide bonds. The monoisotopic (exact) mass is 687 g/mol. The summed E-state index contributed by atoms with van der Waals surface area (Å²) in [5, 5.41) is 10.1. The predicted octanol–water partition coefficient (Wildman–Crippen LogP) is 14.4. The molecule has 0 spiro atoms. The van der Waals surface area contributed by atoms with Gasteiger partial charge in [0.15, 0.2) is 0 Å². The van der Waals surface area contributed by atoms with E-state index in [0.29, 0.717) is 0 Å². The van der Waals surface area contributed by atoms with Gasteiger partial charge < -0.3 is 4.57 Å². The highest BCUT2D eigenvalue weighted by atomic mass is 14.9. The molecule has 54 heavy (non-hydrogen) atoms. The van der Waals surface area contributed by atoms with Crippen LogP contribution in [0.1, 0.15) is 25.0 Å². The molecule has 0 atom stereocenters. The van der Waals surface area contributed by atoms with Crippen LogP contribution in [0.2, 0.25) is 0 Å². The molecule has 11 rings (SSSR count). The van der Waals surface area contributed by atoms with E-state index in [4.69, 9.17) is 0 Å². The molecule has 0 saturated heterocycles. The molecule has 0 bridgehead atoms. The second kappa shape index (κ2) is 11.7. The fraction of sp³-hybridized carbons (Fsp3) is 0.0566. The summed E-state index contributed by atoms with van der Waals surface area (Å²) in [7, 11) is 0. The second-order valence-corrected chi connectivity index (χ2v) is 15.4. The summed E-state index contributed by atoms with van der Waals surface area (Å²) in [5.41, 5.74) is 14.0. The van der Waals surface area contributed by atoms with Crippen molar-refractivity contribution in [2.24, 2.45) is 0 Å². The number of fused-ring (bicyclic) bond motifs is 7. The molecular weight excluding hydrogens is 651 g/mol. The molecule has 0 saturated carbocycles. The van der Waals surface area contributed by atoms with Crippen molar-refractivity contribution in [1.82, 2.24) is 4.57 Å². The van der Waals surface area contributed by atoms with Crippen LogP contribution in [0.4, 0.5) is 0 Å². The van der Waals surface area contributed by atoms with Crippen LogP contribution >= 0.6 is 0 Å². The van der Waals surface area contributed by atoms with E-state index in [2.05, 4.69) is 207 Å². The standard InChI is InChI=1S/C53H37N/c1-53(2)49-16-8-7-15-43(49)45-32-47-48(33-50(45)53)52(41-20-18-35-12-4-6-14-38(35)30-41)46-31-39(36-21-24-42(25-22-36)54-27-9-10-28-54)23-26-44(46)51(47)40-19-17-34-11-3-5-13-37(34)29-40/h3-33H,1-2H3. The lowest BCUT2D eigenvalue weighted by Gasteiger charge is -2.24. The summed E-state index contributed by atoms with van der Waals surface area (Å²) in [5.74, 6) is 0. The molecule has 1 aromatic heterocycles. The minimum atomic E-state index is -0.123. The van der Waals surface area contributed by atoms with Gasteiger partial charge in [-0.1, -0.05) is 135 Å². The Hall–Kier alpha value is -6.70. The van der Waals surface area contributed by atoms with Crippen LogP contribution in [0, 0.1) is 0 Å². The smallest absolute Gasteiger partial charge is 0.0449 e. The van der Waals surface area contributed by atoms with Gasteiger partial charge in [0.25, 0.3) is 0 Å². The number of hydrogen-bond acceptors (Lipinski definition) is 0. The van der Waals surface area contributed by atoms with Gasteiger partial charge in [-0.05, 0) is 153 Å². The number of hydrogen-bond donors (Lipinski definition) is 0. The van der Waals surface area contributed by atoms with Crippen LogP contribution in [-0.2, 0) is 5.41 Å². The van der Waals surface area contributed by atoms with Crippen molar-refractivity contribution in [1.29, 1.82) is 0 Å². The Bertz CT molecular complexity index is 3110. The number of benzene rings is 9. The quantitative estimate of drug-likeness (QED) is 0.162. The first-order valence-corrected chi connectivity index (χ1v) is 18.9. The molecule has 1 heteroatoms. The van der Waals surface area contributed by atoms with E-state index in [0.717, 1.165) is 5.69 Å². The SMILES string of the molecule is CC1(C)c2ccccc2-c2cc3c(-c4ccc5ccccc5c4)c4ccc(-c5ccc(-n6cccc6)cc5)cc4c(-c4ccc5ccccc5c4)c3cc21. The minimum Gasteiger partial charge on any atom is -0.324 e. The summed E-state index contributed by atoms with van der Waals surface area (Å²) in [6.07, 6.45) is 4.19. The van der Waals surface area contributed by atoms with Crippen molar-refractivity contribution in [3.63, 3.8) is 0 Å². The first-order valence-electron chi connectivity index (χ1n) is 18.9. The average molecular weight is 688 g/mol. The summed E-state index contributed by atoms with van der Waals surface area (Å²) in [6, 6.07) is 65.7. The second-order valence-electron chi connectivity index (χ2n) is 15.4. The van der Waals surface area contributed by atoms with Crippen LogP contribution in [0.15, 0.2) is 188 Å². The van der Waals surface area contributed by atoms with E-state index in [-0.39, 0.29) is 5.41 Å². The topological polar surface area (TPSA) is 4.93 Å². The molecule has 0 fully saturated rings. The van der Waals surface area contributed by atoms with Crippen LogP contribution in [-0.4, -0.2) is 4.57 Å². The molecule has 1 heterocycles. The maximum atomic E-state index is 2.54. The minimum absolute atomic E-state index is 0.123. The van der Waals surface area contributed by atoms with Crippen molar-refractivity contribution in [3.05, 3.63) is 199 Å². The molecular formula is C53H37N. The van der Waals surface area contributed by atoms with E-state index < -0.39 is 0 Å². The molecule has 0 radical (unpaired) electrons. The Labute approximate surface area is 315 Å². The van der Waals surface area contributed by atoms with Gasteiger partial charge in [0.05, 0.1) is 0 Å². The van der Waals surface area contributed by atoms with Crippen LogP contribution in [0.5, 0.6) is 0 Å². The number of aromatic nitrogens is 1. The zero-order chi connectivity index (χ0) is 36.0. The number of rotatable bonds is 4. The summed E-state index contributed by atoms with van der Waals surface area (Å²) in [6.45, 7) is 4.78. The van der Waals surface area contributed by atoms with Crippen molar-refractivity contribution in [2.75, 3.05) is 0 Å². The van der Waals surface area contributed by atoms with Gasteiger partial charge in [0, 0.05) is 23.5 Å². The fourth-order valence-corrected chi connectivity index (χ4v) is 9.24. The van der Waals surface area contributed by atoms with Crippen molar-refractivity contribution in [3.8, 4) is 50.2 Å². The van der Waals surface area contributed by atoms with E-state index in [9.17, 15) is 0 Å². The maximum absolute atomic E-state index is 2.54. The van der Waals surface area contributed by atoms with Gasteiger partial charge in [-0.15, -0.1) is 0 Å². The molecule has 254 valence electrons. The molecule has 9 aromatic carbocycles. The summed E-state index contributed by atoms with van der Waals surface area (Å²) >= 11 is 0. The highest BCUT2D eigenvalue weighted by molar-refractivity contribution is 6.23. The molecule has 0 unspecified atom stereocenters. The van der Waals surface area contributed by atoms with E-state index >= 15 is 0 Å². The van der Waals surface area contributed by atoms with E-state index in [1.165, 1.54) is 98.7 Å². The third kappa shape index (κ3) is 4.65. The van der Waals surface area contributed by atoms with Crippen LogP contribution in [0.25, 0.3) is 93.3 Å². The van der Waals surface area contributed by atoms with E-state index in [1.54, 1.807) is 0 Å². The van der Waals surface area contributed by atoms with Crippen molar-refractivity contribution >= 4 is 43.1 Å². The van der Waals surface area contributed by atoms with Crippen LogP contribution in [0.3, 0.4) is 0 Å². The third-order valence-electron chi connectivity index (χ3n) is 12.0. The summed E-state index contributed by atoms with van der Waals surface area (Å²) < 4.78 is 2.15. The molecule has 0 aliphatic heterocycles. The number of nitrogens with zero attached hydrogens (tertiary/aromatic N) is 1. The molecule has 1 aliphatic rings. The largest absolute Gasteiger partial charge is 0.324 e. The molecule has 1 nitrogen and oxygen atoms in total. The van der Waals surface area contributed by atoms with Gasteiger partial charge in [-0.25, -0.2) is 0 Å². The summed E-state index contributed by atoms with van der Waals surface area (Å²) in [4.78, 5) is 0. The lowest BCUT2D eigenvalue weighted by Crippen LogP contribution is -2.14. The average Bonchev–Trinajstić information content (AvgIpc) is 3.84. The highest BCUT2D eigenvalue weighted by Crippen LogP contribution is 2.53.